The number of nitrogens with zero attached hydrogens (tertiary/aromatic N) is 4. The van der Waals surface area contributed by atoms with E-state index in [1.165, 1.54) is 0 Å². The number of amides is 3. The number of piperazine rings is 1. The van der Waals surface area contributed by atoms with Crippen molar-refractivity contribution in [2.75, 3.05) is 32.8 Å². The minimum Gasteiger partial charge on any atom is -0.460 e. The molecule has 2 aliphatic rings. The van der Waals surface area contributed by atoms with Gasteiger partial charge in [-0.15, -0.1) is 0 Å². The monoisotopic (exact) mass is 593 g/mol. The third kappa shape index (κ3) is 9.49. The number of nitrogens with one attached hydrogen (secondary N) is 1. The van der Waals surface area contributed by atoms with Gasteiger partial charge in [0.15, 0.2) is 5.82 Å². The third-order valence-electron chi connectivity index (χ3n) is 7.24. The van der Waals surface area contributed by atoms with Crippen LogP contribution in [0.25, 0.3) is 11.4 Å². The van der Waals surface area contributed by atoms with E-state index in [-0.39, 0.29) is 49.5 Å². The largest absolute Gasteiger partial charge is 0.460 e. The lowest BCUT2D eigenvalue weighted by Gasteiger charge is -2.36. The van der Waals surface area contributed by atoms with Crippen molar-refractivity contribution >= 4 is 23.9 Å². The number of carbonyl (C=O) groups excluding carboxylic acids is 4. The summed E-state index contributed by atoms with van der Waals surface area (Å²) < 4.78 is 10.7. The molecule has 1 saturated heterocycles. The molecule has 1 aromatic carbocycles. The van der Waals surface area contributed by atoms with Crippen molar-refractivity contribution in [3.63, 3.8) is 0 Å². The second-order valence-electron chi connectivity index (χ2n) is 12.1. The predicted octanol–water partition coefficient (Wildman–Crippen LogP) is 4.32. The van der Waals surface area contributed by atoms with Crippen LogP contribution in [-0.2, 0) is 19.1 Å². The van der Waals surface area contributed by atoms with E-state index >= 15 is 0 Å². The smallest absolute Gasteiger partial charge is 0.409 e. The number of hydrogen-bond acceptors (Lipinski definition) is 8. The number of benzene rings is 1. The van der Waals surface area contributed by atoms with Crippen molar-refractivity contribution in [1.29, 1.82) is 0 Å². The molecule has 43 heavy (non-hydrogen) atoms. The highest BCUT2D eigenvalue weighted by Crippen LogP contribution is 2.39. The number of rotatable bonds is 11. The molecule has 2 fully saturated rings. The van der Waals surface area contributed by atoms with Crippen LogP contribution in [0.15, 0.2) is 36.4 Å². The van der Waals surface area contributed by atoms with Gasteiger partial charge in [-0.2, -0.15) is 0 Å². The van der Waals surface area contributed by atoms with E-state index in [4.69, 9.17) is 14.5 Å². The van der Waals surface area contributed by atoms with Crippen LogP contribution in [0, 0.1) is 0 Å². The highest BCUT2D eigenvalue weighted by atomic mass is 16.6. The molecular weight excluding hydrogens is 550 g/mol. The maximum absolute atomic E-state index is 13.7. The van der Waals surface area contributed by atoms with Gasteiger partial charge in [0.05, 0.1) is 6.61 Å². The number of carbonyl (C=O) groups is 4. The van der Waals surface area contributed by atoms with Crippen LogP contribution in [0.1, 0.15) is 88.3 Å². The summed E-state index contributed by atoms with van der Waals surface area (Å²) in [6, 6.07) is 10.2. The number of hydrogen-bond donors (Lipinski definition) is 1. The van der Waals surface area contributed by atoms with E-state index in [2.05, 4.69) is 10.3 Å². The van der Waals surface area contributed by atoms with E-state index in [9.17, 15) is 19.2 Å². The van der Waals surface area contributed by atoms with Crippen LogP contribution < -0.4 is 5.32 Å². The minimum absolute atomic E-state index is 0.0515. The maximum Gasteiger partial charge on any atom is 0.409 e. The fourth-order valence-corrected chi connectivity index (χ4v) is 4.76. The van der Waals surface area contributed by atoms with Crippen molar-refractivity contribution < 1.29 is 28.7 Å². The van der Waals surface area contributed by atoms with E-state index in [0.29, 0.717) is 25.5 Å². The Hall–Kier alpha value is -4.02. The summed E-state index contributed by atoms with van der Waals surface area (Å²) in [7, 11) is 0. The summed E-state index contributed by atoms with van der Waals surface area (Å²) >= 11 is 0. The molecule has 11 heteroatoms. The Labute approximate surface area is 253 Å². The molecule has 1 aliphatic carbocycles. The molecule has 0 bridgehead atoms. The zero-order valence-electron chi connectivity index (χ0n) is 25.6. The van der Waals surface area contributed by atoms with Crippen LogP contribution in [0.5, 0.6) is 0 Å². The van der Waals surface area contributed by atoms with Gasteiger partial charge in [-0.1, -0.05) is 43.7 Å². The second-order valence-corrected chi connectivity index (χ2v) is 12.1. The zero-order valence-corrected chi connectivity index (χ0v) is 25.6. The molecule has 1 aromatic heterocycles. The first-order valence-corrected chi connectivity index (χ1v) is 15.2. The Morgan fingerprint density at radius 1 is 1.00 bits per heavy atom. The Bertz CT molecular complexity index is 1280. The molecule has 0 unspecified atom stereocenters. The van der Waals surface area contributed by atoms with Crippen molar-refractivity contribution in [3.8, 4) is 11.4 Å². The summed E-state index contributed by atoms with van der Waals surface area (Å²) in [4.78, 5) is 64.7. The van der Waals surface area contributed by atoms with Crippen LogP contribution in [-0.4, -0.2) is 88.1 Å². The highest BCUT2D eigenvalue weighted by molar-refractivity contribution is 5.96. The van der Waals surface area contributed by atoms with E-state index in [1.807, 2.05) is 37.3 Å². The van der Waals surface area contributed by atoms with Crippen molar-refractivity contribution in [2.24, 2.45) is 0 Å². The molecule has 11 nitrogen and oxygen atoms in total. The molecule has 0 spiro atoms. The minimum atomic E-state index is -0.984. The molecule has 3 amide bonds. The molecule has 0 radical (unpaired) electrons. The highest BCUT2D eigenvalue weighted by Gasteiger charge is 2.33. The number of unbranched alkanes of at least 4 members (excludes halogenated alkanes) is 1. The molecule has 1 saturated carbocycles. The van der Waals surface area contributed by atoms with Gasteiger partial charge in [0, 0.05) is 49.8 Å². The lowest BCUT2D eigenvalue weighted by molar-refractivity contribution is -0.155. The Morgan fingerprint density at radius 2 is 1.67 bits per heavy atom. The summed E-state index contributed by atoms with van der Waals surface area (Å²) in [6.45, 7) is 8.94. The zero-order chi connectivity index (χ0) is 31.0. The Morgan fingerprint density at radius 3 is 2.30 bits per heavy atom. The number of aromatic nitrogens is 2. The molecule has 4 rings (SSSR count). The van der Waals surface area contributed by atoms with Gasteiger partial charge in [-0.3, -0.25) is 14.4 Å². The molecule has 232 valence electrons. The Kier molecular flexibility index (Phi) is 10.7. The normalized spacial score (nSPS) is 15.9. The van der Waals surface area contributed by atoms with Crippen LogP contribution in [0.2, 0.25) is 0 Å². The first-order valence-electron chi connectivity index (χ1n) is 15.2. The molecule has 2 aromatic rings. The summed E-state index contributed by atoms with van der Waals surface area (Å²) in [5, 5.41) is 2.85. The summed E-state index contributed by atoms with van der Waals surface area (Å²) in [5.41, 5.74) is 1.10. The number of esters is 1. The molecule has 1 N–H and O–H groups in total. The quantitative estimate of drug-likeness (QED) is 0.301. The van der Waals surface area contributed by atoms with E-state index in [0.717, 1.165) is 36.9 Å². The first-order chi connectivity index (χ1) is 20.5. The van der Waals surface area contributed by atoms with E-state index < -0.39 is 23.5 Å². The van der Waals surface area contributed by atoms with Crippen molar-refractivity contribution in [1.82, 2.24) is 25.1 Å². The van der Waals surface area contributed by atoms with Crippen LogP contribution >= 0.6 is 0 Å². The molecular formula is C32H43N5O6. The molecule has 1 aliphatic heterocycles. The van der Waals surface area contributed by atoms with E-state index in [1.54, 1.807) is 36.6 Å². The number of ether oxygens (including phenoxy) is 2. The van der Waals surface area contributed by atoms with Crippen molar-refractivity contribution in [2.45, 2.75) is 83.8 Å². The molecule has 2 heterocycles. The van der Waals surface area contributed by atoms with Gasteiger partial charge in [-0.25, -0.2) is 14.8 Å². The topological polar surface area (TPSA) is 131 Å². The average Bonchev–Trinajstić information content (AvgIpc) is 3.84. The van der Waals surface area contributed by atoms with Gasteiger partial charge in [0.25, 0.3) is 5.91 Å². The van der Waals surface area contributed by atoms with Gasteiger partial charge >= 0.3 is 12.1 Å². The second kappa shape index (κ2) is 14.4. The lowest BCUT2D eigenvalue weighted by atomic mass is 10.1. The van der Waals surface area contributed by atoms with Crippen LogP contribution in [0.3, 0.4) is 0 Å². The predicted molar refractivity (Wildman–Crippen MR) is 160 cm³/mol. The summed E-state index contributed by atoms with van der Waals surface area (Å²) in [5.74, 6) is -0.554. The third-order valence-corrected chi connectivity index (χ3v) is 7.24. The SMILES string of the molecule is CCCCOC(=O)N1CCN(C(=O)[C@H](CCC(=O)OC(C)(C)C)NC(=O)c2cc(C3CC3)nc(-c3ccccc3)n2)CC1. The maximum atomic E-state index is 13.7. The fraction of sp³-hybridized carbons (Fsp3) is 0.562. The summed E-state index contributed by atoms with van der Waals surface area (Å²) in [6.07, 6.45) is 3.35. The Balaban J connectivity index is 1.48. The van der Waals surface area contributed by atoms with Crippen LogP contribution in [0.4, 0.5) is 4.79 Å². The van der Waals surface area contributed by atoms with Gasteiger partial charge in [-0.05, 0) is 52.5 Å². The molecule has 1 atom stereocenters. The van der Waals surface area contributed by atoms with Gasteiger partial charge < -0.3 is 24.6 Å². The first kappa shape index (κ1) is 31.9. The standard InChI is InChI=1S/C32H43N5O6/c1-5-6-20-42-31(41)37-18-16-36(17-19-37)30(40)24(14-15-27(38)43-32(2,3)4)35-29(39)26-21-25(22-12-13-22)33-28(34-26)23-10-8-7-9-11-23/h7-11,21-22,24H,5-6,12-20H2,1-4H3,(H,35,39)/t24-/m0/s1. The van der Waals surface area contributed by atoms with Crippen molar-refractivity contribution in [3.05, 3.63) is 47.8 Å². The van der Waals surface area contributed by atoms with Gasteiger partial charge in [0.1, 0.15) is 17.3 Å². The lowest BCUT2D eigenvalue weighted by Crippen LogP contribution is -2.56. The average molecular weight is 594 g/mol. The van der Waals surface area contributed by atoms with Gasteiger partial charge in [0.2, 0.25) is 5.91 Å². The fourth-order valence-electron chi connectivity index (χ4n) is 4.76.